The molecule has 1 N–H and O–H groups in total. The fraction of sp³-hybridized carbons (Fsp3) is 0.0556. The summed E-state index contributed by atoms with van der Waals surface area (Å²) in [7, 11) is 0. The first-order chi connectivity index (χ1) is 11.2. The van der Waals surface area contributed by atoms with Crippen LogP contribution in [-0.4, -0.2) is 15.9 Å². The van der Waals surface area contributed by atoms with Gasteiger partial charge in [-0.1, -0.05) is 48.0 Å². The van der Waals surface area contributed by atoms with Crippen molar-refractivity contribution in [2.45, 2.75) is 6.54 Å². The molecule has 0 atom stereocenters. The van der Waals surface area contributed by atoms with Crippen molar-refractivity contribution in [1.29, 1.82) is 0 Å². The molecule has 3 aromatic rings. The van der Waals surface area contributed by atoms with Gasteiger partial charge in [-0.05, 0) is 28.8 Å². The highest BCUT2D eigenvalue weighted by molar-refractivity contribution is 6.30. The van der Waals surface area contributed by atoms with E-state index in [0.717, 1.165) is 21.7 Å². The summed E-state index contributed by atoms with van der Waals surface area (Å²) < 4.78 is 0. The predicted octanol–water partition coefficient (Wildman–Crippen LogP) is 3.73. The SMILES string of the molecule is O=C(NCc1ccc(-c2ccc(Cl)cc2)cc1)c1cnccn1. The smallest absolute Gasteiger partial charge is 0.271 e. The highest BCUT2D eigenvalue weighted by Gasteiger charge is 2.06. The van der Waals surface area contributed by atoms with E-state index in [-0.39, 0.29) is 5.91 Å². The zero-order valence-electron chi connectivity index (χ0n) is 12.2. The topological polar surface area (TPSA) is 54.9 Å². The summed E-state index contributed by atoms with van der Waals surface area (Å²) in [6, 6.07) is 15.7. The van der Waals surface area contributed by atoms with Crippen LogP contribution in [0.25, 0.3) is 11.1 Å². The lowest BCUT2D eigenvalue weighted by Crippen LogP contribution is -2.23. The molecule has 114 valence electrons. The second-order valence-corrected chi connectivity index (χ2v) is 5.41. The van der Waals surface area contributed by atoms with Crippen LogP contribution in [0.2, 0.25) is 5.02 Å². The standard InChI is InChI=1S/C18H14ClN3O/c19-16-7-5-15(6-8-16)14-3-1-13(2-4-14)11-22-18(23)17-12-20-9-10-21-17/h1-10,12H,11H2,(H,22,23). The normalized spacial score (nSPS) is 10.3. The minimum Gasteiger partial charge on any atom is -0.347 e. The summed E-state index contributed by atoms with van der Waals surface area (Å²) in [6.45, 7) is 0.441. The number of hydrogen-bond donors (Lipinski definition) is 1. The first-order valence-corrected chi connectivity index (χ1v) is 7.49. The maximum Gasteiger partial charge on any atom is 0.271 e. The minimum atomic E-state index is -0.236. The van der Waals surface area contributed by atoms with Gasteiger partial charge in [0.15, 0.2) is 0 Å². The van der Waals surface area contributed by atoms with Crippen molar-refractivity contribution in [2.75, 3.05) is 0 Å². The average molecular weight is 324 g/mol. The Labute approximate surface area is 139 Å². The van der Waals surface area contributed by atoms with Crippen molar-refractivity contribution in [3.63, 3.8) is 0 Å². The van der Waals surface area contributed by atoms with Crippen molar-refractivity contribution >= 4 is 17.5 Å². The Morgan fingerprint density at radius 3 is 2.22 bits per heavy atom. The number of carbonyl (C=O) groups excluding carboxylic acids is 1. The molecule has 0 aliphatic rings. The summed E-state index contributed by atoms with van der Waals surface area (Å²) in [6.07, 6.45) is 4.47. The molecule has 4 nitrogen and oxygen atoms in total. The molecule has 1 heterocycles. The van der Waals surface area contributed by atoms with Gasteiger partial charge in [-0.2, -0.15) is 0 Å². The van der Waals surface area contributed by atoms with Gasteiger partial charge in [-0.15, -0.1) is 0 Å². The zero-order chi connectivity index (χ0) is 16.1. The molecule has 0 aliphatic carbocycles. The molecular formula is C18H14ClN3O. The lowest BCUT2D eigenvalue weighted by molar-refractivity contribution is 0.0945. The Bertz CT molecular complexity index is 787. The third-order valence-electron chi connectivity index (χ3n) is 3.38. The van der Waals surface area contributed by atoms with E-state index in [1.54, 1.807) is 0 Å². The highest BCUT2D eigenvalue weighted by Crippen LogP contribution is 2.21. The summed E-state index contributed by atoms with van der Waals surface area (Å²) in [5, 5.41) is 3.54. The third kappa shape index (κ3) is 3.93. The van der Waals surface area contributed by atoms with Crippen LogP contribution in [0, 0.1) is 0 Å². The number of carbonyl (C=O) groups is 1. The van der Waals surface area contributed by atoms with Crippen LogP contribution >= 0.6 is 11.6 Å². The Balaban J connectivity index is 1.64. The van der Waals surface area contributed by atoms with Gasteiger partial charge >= 0.3 is 0 Å². The zero-order valence-corrected chi connectivity index (χ0v) is 13.0. The molecule has 0 unspecified atom stereocenters. The van der Waals surface area contributed by atoms with E-state index in [4.69, 9.17) is 11.6 Å². The van der Waals surface area contributed by atoms with E-state index in [9.17, 15) is 4.79 Å². The van der Waals surface area contributed by atoms with E-state index in [1.807, 2.05) is 48.5 Å². The number of nitrogens with zero attached hydrogens (tertiary/aromatic N) is 2. The van der Waals surface area contributed by atoms with Crippen LogP contribution in [0.5, 0.6) is 0 Å². The lowest BCUT2D eigenvalue weighted by Gasteiger charge is -2.06. The second-order valence-electron chi connectivity index (χ2n) is 4.98. The third-order valence-corrected chi connectivity index (χ3v) is 3.63. The molecule has 0 radical (unpaired) electrons. The molecule has 0 bridgehead atoms. The van der Waals surface area contributed by atoms with Crippen LogP contribution < -0.4 is 5.32 Å². The first kappa shape index (κ1) is 15.2. The average Bonchev–Trinajstić information content (AvgIpc) is 2.61. The molecule has 0 saturated carbocycles. The molecule has 1 aromatic heterocycles. The number of nitrogens with one attached hydrogen (secondary N) is 1. The van der Waals surface area contributed by atoms with E-state index in [2.05, 4.69) is 15.3 Å². The first-order valence-electron chi connectivity index (χ1n) is 7.11. The number of hydrogen-bond acceptors (Lipinski definition) is 3. The van der Waals surface area contributed by atoms with Crippen LogP contribution in [0.1, 0.15) is 16.1 Å². The van der Waals surface area contributed by atoms with Gasteiger partial charge in [-0.25, -0.2) is 4.98 Å². The van der Waals surface area contributed by atoms with Gasteiger partial charge in [0.1, 0.15) is 5.69 Å². The molecule has 1 amide bonds. The summed E-state index contributed by atoms with van der Waals surface area (Å²) in [4.78, 5) is 19.8. The summed E-state index contributed by atoms with van der Waals surface area (Å²) in [5.74, 6) is -0.236. The number of aromatic nitrogens is 2. The van der Waals surface area contributed by atoms with E-state index >= 15 is 0 Å². The van der Waals surface area contributed by atoms with E-state index in [1.165, 1.54) is 18.6 Å². The molecule has 5 heteroatoms. The molecule has 23 heavy (non-hydrogen) atoms. The molecule has 0 aliphatic heterocycles. The molecule has 0 saturated heterocycles. The highest BCUT2D eigenvalue weighted by atomic mass is 35.5. The van der Waals surface area contributed by atoms with Crippen molar-refractivity contribution in [1.82, 2.24) is 15.3 Å². The Kier molecular flexibility index (Phi) is 4.64. The molecule has 0 spiro atoms. The van der Waals surface area contributed by atoms with Gasteiger partial charge < -0.3 is 5.32 Å². The van der Waals surface area contributed by atoms with E-state index < -0.39 is 0 Å². The maximum absolute atomic E-state index is 11.9. The van der Waals surface area contributed by atoms with Gasteiger partial charge in [0, 0.05) is 24.0 Å². The van der Waals surface area contributed by atoms with Gasteiger partial charge in [0.05, 0.1) is 6.20 Å². The van der Waals surface area contributed by atoms with Gasteiger partial charge in [0.2, 0.25) is 0 Å². The lowest BCUT2D eigenvalue weighted by atomic mass is 10.0. The van der Waals surface area contributed by atoms with E-state index in [0.29, 0.717) is 12.2 Å². The Hall–Kier alpha value is -2.72. The Morgan fingerprint density at radius 1 is 0.957 bits per heavy atom. The molecular weight excluding hydrogens is 310 g/mol. The predicted molar refractivity (Wildman–Crippen MR) is 90.1 cm³/mol. The summed E-state index contributed by atoms with van der Waals surface area (Å²) >= 11 is 5.90. The van der Waals surface area contributed by atoms with Crippen LogP contribution in [0.3, 0.4) is 0 Å². The minimum absolute atomic E-state index is 0.236. The largest absolute Gasteiger partial charge is 0.347 e. The van der Waals surface area contributed by atoms with Crippen molar-refractivity contribution < 1.29 is 4.79 Å². The van der Waals surface area contributed by atoms with Gasteiger partial charge in [0.25, 0.3) is 5.91 Å². The van der Waals surface area contributed by atoms with Crippen molar-refractivity contribution in [3.8, 4) is 11.1 Å². The number of amides is 1. The quantitative estimate of drug-likeness (QED) is 0.796. The van der Waals surface area contributed by atoms with Crippen molar-refractivity contribution in [3.05, 3.63) is 83.4 Å². The maximum atomic E-state index is 11.9. The monoisotopic (exact) mass is 323 g/mol. The van der Waals surface area contributed by atoms with Crippen LogP contribution in [-0.2, 0) is 6.54 Å². The molecule has 0 fully saturated rings. The number of rotatable bonds is 4. The Morgan fingerprint density at radius 2 is 1.61 bits per heavy atom. The number of benzene rings is 2. The van der Waals surface area contributed by atoms with Crippen LogP contribution in [0.15, 0.2) is 67.1 Å². The second kappa shape index (κ2) is 7.03. The van der Waals surface area contributed by atoms with Gasteiger partial charge in [-0.3, -0.25) is 9.78 Å². The summed E-state index contributed by atoms with van der Waals surface area (Å²) in [5.41, 5.74) is 3.53. The molecule has 2 aromatic carbocycles. The van der Waals surface area contributed by atoms with Crippen LogP contribution in [0.4, 0.5) is 0 Å². The molecule has 3 rings (SSSR count). The number of halogens is 1. The fourth-order valence-corrected chi connectivity index (χ4v) is 2.27. The van der Waals surface area contributed by atoms with Crippen molar-refractivity contribution in [2.24, 2.45) is 0 Å². The fourth-order valence-electron chi connectivity index (χ4n) is 2.15.